The number of hydrogen-bond donors (Lipinski definition) is 0. The lowest BCUT2D eigenvalue weighted by Crippen LogP contribution is -2.25. The fraction of sp³-hybridized carbons (Fsp3) is 0.562. The first-order valence-electron chi connectivity index (χ1n) is 7.33. The Morgan fingerprint density at radius 3 is 2.86 bits per heavy atom. The first kappa shape index (κ1) is 16.2. The Kier molecular flexibility index (Phi) is 5.94. The Hall–Kier alpha value is -1.20. The minimum Gasteiger partial charge on any atom is -0.377 e. The molecule has 2 unspecified atom stereocenters. The Bertz CT molecular complexity index is 510. The van der Waals surface area contributed by atoms with Gasteiger partial charge in [-0.25, -0.2) is 0 Å². The highest BCUT2D eigenvalue weighted by Gasteiger charge is 2.17. The van der Waals surface area contributed by atoms with Crippen molar-refractivity contribution in [3.63, 3.8) is 0 Å². The van der Waals surface area contributed by atoms with Crippen LogP contribution in [0, 0.1) is 0 Å². The predicted octanol–water partition coefficient (Wildman–Crippen LogP) is 2.21. The van der Waals surface area contributed by atoms with Crippen LogP contribution in [0.15, 0.2) is 24.3 Å². The van der Waals surface area contributed by atoms with Gasteiger partial charge >= 0.3 is 0 Å². The third-order valence-electron chi connectivity index (χ3n) is 3.55. The quantitative estimate of drug-likeness (QED) is 0.838. The number of ether oxygens (including phenoxy) is 1. The number of amides is 1. The second-order valence-corrected chi connectivity index (χ2v) is 7.14. The molecule has 2 rings (SSSR count). The SMILES string of the molecule is CN(C)C(=O)c1cccc(CS(=O)CC2CCCCO2)c1. The van der Waals surface area contributed by atoms with Crippen molar-refractivity contribution in [1.29, 1.82) is 0 Å². The van der Waals surface area contributed by atoms with Gasteiger partial charge in [0.2, 0.25) is 0 Å². The summed E-state index contributed by atoms with van der Waals surface area (Å²) >= 11 is 0. The molecule has 1 saturated heterocycles. The van der Waals surface area contributed by atoms with E-state index < -0.39 is 10.8 Å². The summed E-state index contributed by atoms with van der Waals surface area (Å²) in [4.78, 5) is 13.5. The van der Waals surface area contributed by atoms with Gasteiger partial charge in [0, 0.05) is 42.8 Å². The van der Waals surface area contributed by atoms with Crippen molar-refractivity contribution in [3.8, 4) is 0 Å². The predicted molar refractivity (Wildman–Crippen MR) is 84.8 cm³/mol. The largest absolute Gasteiger partial charge is 0.377 e. The average Bonchev–Trinajstić information content (AvgIpc) is 2.47. The highest BCUT2D eigenvalue weighted by atomic mass is 32.2. The van der Waals surface area contributed by atoms with Gasteiger partial charge in [-0.3, -0.25) is 9.00 Å². The normalized spacial score (nSPS) is 20.0. The monoisotopic (exact) mass is 309 g/mol. The molecule has 0 N–H and O–H groups in total. The van der Waals surface area contributed by atoms with Crippen molar-refractivity contribution in [2.24, 2.45) is 0 Å². The average molecular weight is 309 g/mol. The zero-order valence-corrected chi connectivity index (χ0v) is 13.5. The summed E-state index contributed by atoms with van der Waals surface area (Å²) in [7, 11) is 2.51. The lowest BCUT2D eigenvalue weighted by atomic mass is 10.1. The highest BCUT2D eigenvalue weighted by molar-refractivity contribution is 7.84. The van der Waals surface area contributed by atoms with E-state index in [9.17, 15) is 9.00 Å². The topological polar surface area (TPSA) is 46.6 Å². The summed E-state index contributed by atoms with van der Waals surface area (Å²) in [5.74, 6) is 1.04. The Balaban J connectivity index is 1.94. The molecule has 2 atom stereocenters. The van der Waals surface area contributed by atoms with Gasteiger partial charge in [-0.05, 0) is 37.0 Å². The van der Waals surface area contributed by atoms with Crippen LogP contribution in [0.25, 0.3) is 0 Å². The number of hydrogen-bond acceptors (Lipinski definition) is 3. The number of carbonyl (C=O) groups excluding carboxylic acids is 1. The van der Waals surface area contributed by atoms with Crippen molar-refractivity contribution in [2.45, 2.75) is 31.1 Å². The van der Waals surface area contributed by atoms with Gasteiger partial charge < -0.3 is 9.64 Å². The van der Waals surface area contributed by atoms with E-state index in [-0.39, 0.29) is 12.0 Å². The van der Waals surface area contributed by atoms with Crippen molar-refractivity contribution >= 4 is 16.7 Å². The van der Waals surface area contributed by atoms with Gasteiger partial charge in [-0.2, -0.15) is 0 Å². The zero-order valence-electron chi connectivity index (χ0n) is 12.7. The highest BCUT2D eigenvalue weighted by Crippen LogP contribution is 2.15. The van der Waals surface area contributed by atoms with Crippen LogP contribution in [0.5, 0.6) is 0 Å². The van der Waals surface area contributed by atoms with E-state index in [0.717, 1.165) is 31.4 Å². The van der Waals surface area contributed by atoms with Crippen LogP contribution in [0.3, 0.4) is 0 Å². The smallest absolute Gasteiger partial charge is 0.253 e. The molecule has 0 aromatic heterocycles. The molecule has 0 radical (unpaired) electrons. The van der Waals surface area contributed by atoms with E-state index in [0.29, 0.717) is 17.1 Å². The summed E-state index contributed by atoms with van der Waals surface area (Å²) in [6, 6.07) is 7.40. The van der Waals surface area contributed by atoms with E-state index in [1.807, 2.05) is 18.2 Å². The third-order valence-corrected chi connectivity index (χ3v) is 4.95. The van der Waals surface area contributed by atoms with Crippen molar-refractivity contribution in [2.75, 3.05) is 26.5 Å². The lowest BCUT2D eigenvalue weighted by molar-refractivity contribution is 0.0310. The molecule has 1 amide bonds. The third kappa shape index (κ3) is 4.93. The second kappa shape index (κ2) is 7.71. The van der Waals surface area contributed by atoms with Crippen molar-refractivity contribution in [1.82, 2.24) is 4.90 Å². The molecule has 1 aromatic carbocycles. The minimum atomic E-state index is -0.951. The molecule has 4 nitrogen and oxygen atoms in total. The maximum Gasteiger partial charge on any atom is 0.253 e. The van der Waals surface area contributed by atoms with Gasteiger partial charge in [0.05, 0.1) is 11.9 Å². The summed E-state index contributed by atoms with van der Waals surface area (Å²) < 4.78 is 17.9. The molecular formula is C16H23NO3S. The number of rotatable bonds is 5. The molecule has 0 aliphatic carbocycles. The van der Waals surface area contributed by atoms with Crippen LogP contribution >= 0.6 is 0 Å². The minimum absolute atomic E-state index is 0.0294. The molecule has 0 saturated carbocycles. The molecule has 1 aliphatic heterocycles. The molecule has 1 aliphatic rings. The summed E-state index contributed by atoms with van der Waals surface area (Å²) in [5, 5.41) is 0. The fourth-order valence-corrected chi connectivity index (χ4v) is 3.79. The Morgan fingerprint density at radius 2 is 2.19 bits per heavy atom. The van der Waals surface area contributed by atoms with E-state index in [2.05, 4.69) is 0 Å². The van der Waals surface area contributed by atoms with E-state index in [4.69, 9.17) is 4.74 Å². The first-order valence-corrected chi connectivity index (χ1v) is 8.82. The maximum absolute atomic E-state index is 12.2. The summed E-state index contributed by atoms with van der Waals surface area (Å²) in [5.41, 5.74) is 1.58. The molecule has 21 heavy (non-hydrogen) atoms. The Morgan fingerprint density at radius 1 is 1.38 bits per heavy atom. The lowest BCUT2D eigenvalue weighted by Gasteiger charge is -2.22. The van der Waals surface area contributed by atoms with Gasteiger partial charge in [-0.15, -0.1) is 0 Å². The molecule has 1 aromatic rings. The Labute approximate surface area is 128 Å². The first-order chi connectivity index (χ1) is 10.1. The summed E-state index contributed by atoms with van der Waals surface area (Å²) in [6.07, 6.45) is 3.41. The number of nitrogens with zero attached hydrogens (tertiary/aromatic N) is 1. The van der Waals surface area contributed by atoms with Crippen LogP contribution in [0.4, 0.5) is 0 Å². The van der Waals surface area contributed by atoms with Crippen LogP contribution < -0.4 is 0 Å². The van der Waals surface area contributed by atoms with Crippen LogP contribution in [0.1, 0.15) is 35.2 Å². The van der Waals surface area contributed by atoms with Crippen LogP contribution in [-0.2, 0) is 21.3 Å². The van der Waals surface area contributed by atoms with Gasteiger partial charge in [0.25, 0.3) is 5.91 Å². The number of benzene rings is 1. The van der Waals surface area contributed by atoms with Crippen molar-refractivity contribution < 1.29 is 13.7 Å². The fourth-order valence-electron chi connectivity index (χ4n) is 2.44. The van der Waals surface area contributed by atoms with E-state index in [1.165, 1.54) is 0 Å². The van der Waals surface area contributed by atoms with Crippen LogP contribution in [0.2, 0.25) is 0 Å². The maximum atomic E-state index is 12.2. The molecule has 0 bridgehead atoms. The standard InChI is InChI=1S/C16H23NO3S/c1-17(2)16(18)14-7-5-6-13(10-14)11-21(19)12-15-8-3-4-9-20-15/h5-7,10,15H,3-4,8-9,11-12H2,1-2H3. The van der Waals surface area contributed by atoms with Crippen LogP contribution in [-0.4, -0.2) is 47.6 Å². The van der Waals surface area contributed by atoms with Gasteiger partial charge in [-0.1, -0.05) is 12.1 Å². The zero-order chi connectivity index (χ0) is 15.2. The van der Waals surface area contributed by atoms with Crippen molar-refractivity contribution in [3.05, 3.63) is 35.4 Å². The van der Waals surface area contributed by atoms with E-state index >= 15 is 0 Å². The van der Waals surface area contributed by atoms with E-state index in [1.54, 1.807) is 25.1 Å². The van der Waals surface area contributed by atoms with Gasteiger partial charge in [0.1, 0.15) is 0 Å². The molecule has 116 valence electrons. The molecule has 1 heterocycles. The molecular weight excluding hydrogens is 286 g/mol. The van der Waals surface area contributed by atoms with Gasteiger partial charge in [0.15, 0.2) is 0 Å². The summed E-state index contributed by atoms with van der Waals surface area (Å²) in [6.45, 7) is 0.786. The molecule has 0 spiro atoms. The molecule has 1 fully saturated rings. The number of carbonyl (C=O) groups is 1. The second-order valence-electron chi connectivity index (χ2n) is 5.64. The molecule has 5 heteroatoms.